The Bertz CT molecular complexity index is 404. The Morgan fingerprint density at radius 3 is 2.79 bits per heavy atom. The molecule has 2 nitrogen and oxygen atoms in total. The van der Waals surface area contributed by atoms with Crippen molar-refractivity contribution in [1.82, 2.24) is 0 Å². The average Bonchev–Trinajstić information content (AvgIpc) is 2.08. The molecule has 1 aromatic carbocycles. The van der Waals surface area contributed by atoms with Crippen LogP contribution in [0.15, 0.2) is 22.7 Å². The molecule has 0 aliphatic heterocycles. The van der Waals surface area contributed by atoms with Gasteiger partial charge in [-0.3, -0.25) is 0 Å². The molecule has 0 fully saturated rings. The van der Waals surface area contributed by atoms with Gasteiger partial charge in [0, 0.05) is 11.1 Å². The van der Waals surface area contributed by atoms with Crippen molar-refractivity contribution in [2.45, 2.75) is 0 Å². The predicted octanol–water partition coefficient (Wildman–Crippen LogP) is 3.34. The molecule has 0 heterocycles. The molecule has 0 aliphatic rings. The summed E-state index contributed by atoms with van der Waals surface area (Å²) in [6.45, 7) is 0. The fourth-order valence-electron chi connectivity index (χ4n) is 0.858. The highest BCUT2D eigenvalue weighted by atomic mass is 79.9. The Morgan fingerprint density at radius 1 is 1.57 bits per heavy atom. The molecule has 0 amide bonds. The van der Waals surface area contributed by atoms with E-state index in [2.05, 4.69) is 15.9 Å². The van der Waals surface area contributed by atoms with Crippen molar-refractivity contribution >= 4 is 39.6 Å². The smallest absolute Gasteiger partial charge is 0.328 e. The Balaban J connectivity index is 3.14. The highest BCUT2D eigenvalue weighted by Gasteiger charge is 2.05. The molecule has 1 N–H and O–H groups in total. The number of benzene rings is 1. The maximum atomic E-state index is 13.1. The van der Waals surface area contributed by atoms with Crippen molar-refractivity contribution in [2.24, 2.45) is 0 Å². The van der Waals surface area contributed by atoms with Gasteiger partial charge >= 0.3 is 5.97 Å². The Hall–Kier alpha value is -0.870. The molecule has 74 valence electrons. The van der Waals surface area contributed by atoms with E-state index in [-0.39, 0.29) is 9.50 Å². The fourth-order valence-corrected chi connectivity index (χ4v) is 1.43. The molecule has 5 heteroatoms. The average molecular weight is 279 g/mol. The van der Waals surface area contributed by atoms with Crippen LogP contribution in [0, 0.1) is 5.82 Å². The maximum Gasteiger partial charge on any atom is 0.328 e. The lowest BCUT2D eigenvalue weighted by molar-refractivity contribution is -0.131. The van der Waals surface area contributed by atoms with Crippen molar-refractivity contribution in [3.05, 3.63) is 39.1 Å². The summed E-state index contributed by atoms with van der Waals surface area (Å²) in [5.41, 5.74) is 0.386. The first-order chi connectivity index (χ1) is 6.50. The zero-order valence-corrected chi connectivity index (χ0v) is 9.14. The molecule has 0 unspecified atom stereocenters. The highest BCUT2D eigenvalue weighted by molar-refractivity contribution is 9.10. The van der Waals surface area contributed by atoms with Gasteiger partial charge in [-0.05, 0) is 39.7 Å². The van der Waals surface area contributed by atoms with Crippen LogP contribution in [0.2, 0.25) is 5.02 Å². The lowest BCUT2D eigenvalue weighted by atomic mass is 10.2. The van der Waals surface area contributed by atoms with E-state index in [1.165, 1.54) is 12.1 Å². The van der Waals surface area contributed by atoms with Gasteiger partial charge in [-0.15, -0.1) is 0 Å². The van der Waals surface area contributed by atoms with Gasteiger partial charge in [0.25, 0.3) is 0 Å². The van der Waals surface area contributed by atoms with Gasteiger partial charge in [-0.25, -0.2) is 9.18 Å². The van der Waals surface area contributed by atoms with Gasteiger partial charge in [0.2, 0.25) is 0 Å². The molecule has 0 atom stereocenters. The molecule has 0 spiro atoms. The SMILES string of the molecule is O=C(O)/C=C/c1cc(Cl)cc(F)c1Br. The van der Waals surface area contributed by atoms with Crippen LogP contribution in [0.4, 0.5) is 4.39 Å². The fraction of sp³-hybridized carbons (Fsp3) is 0. The van der Waals surface area contributed by atoms with Crippen molar-refractivity contribution in [2.75, 3.05) is 0 Å². The van der Waals surface area contributed by atoms with Crippen LogP contribution in [0.5, 0.6) is 0 Å². The number of aliphatic carboxylic acids is 1. The topological polar surface area (TPSA) is 37.3 Å². The van der Waals surface area contributed by atoms with Crippen LogP contribution in [0.1, 0.15) is 5.56 Å². The third kappa shape index (κ3) is 2.82. The number of halogens is 3. The minimum atomic E-state index is -1.10. The minimum absolute atomic E-state index is 0.194. The third-order valence-corrected chi connectivity index (χ3v) is 2.48. The third-order valence-electron chi connectivity index (χ3n) is 1.43. The first-order valence-corrected chi connectivity index (χ1v) is 4.73. The van der Waals surface area contributed by atoms with Gasteiger partial charge in [0.05, 0.1) is 4.47 Å². The van der Waals surface area contributed by atoms with Crippen LogP contribution in [-0.2, 0) is 4.79 Å². The number of hydrogen-bond donors (Lipinski definition) is 1. The normalized spacial score (nSPS) is 10.8. The van der Waals surface area contributed by atoms with Crippen molar-refractivity contribution in [3.63, 3.8) is 0 Å². The van der Waals surface area contributed by atoms with Gasteiger partial charge in [0.15, 0.2) is 0 Å². The molecule has 14 heavy (non-hydrogen) atoms. The standard InChI is InChI=1S/C9H5BrClFO2/c10-9-5(1-2-8(13)14)3-6(11)4-7(9)12/h1-4H,(H,13,14)/b2-1+. The van der Waals surface area contributed by atoms with E-state index in [1.54, 1.807) is 0 Å². The summed E-state index contributed by atoms with van der Waals surface area (Å²) in [6, 6.07) is 2.61. The number of rotatable bonds is 2. The van der Waals surface area contributed by atoms with Crippen LogP contribution in [0.3, 0.4) is 0 Å². The number of carbonyl (C=O) groups is 1. The highest BCUT2D eigenvalue weighted by Crippen LogP contribution is 2.25. The summed E-state index contributed by atoms with van der Waals surface area (Å²) >= 11 is 8.58. The zero-order chi connectivity index (χ0) is 10.7. The predicted molar refractivity (Wildman–Crippen MR) is 55.8 cm³/mol. The number of carboxylic acid groups (broad SMARTS) is 1. The van der Waals surface area contributed by atoms with Crippen LogP contribution in [0.25, 0.3) is 6.08 Å². The van der Waals surface area contributed by atoms with E-state index in [1.807, 2.05) is 0 Å². The van der Waals surface area contributed by atoms with Crippen molar-refractivity contribution in [1.29, 1.82) is 0 Å². The van der Waals surface area contributed by atoms with Crippen LogP contribution < -0.4 is 0 Å². The summed E-state index contributed by atoms with van der Waals surface area (Å²) in [5.74, 6) is -1.63. The summed E-state index contributed by atoms with van der Waals surface area (Å²) in [5, 5.41) is 8.59. The Labute approximate surface area is 93.1 Å². The number of carboxylic acids is 1. The monoisotopic (exact) mass is 278 g/mol. The summed E-state index contributed by atoms with van der Waals surface area (Å²) in [6.07, 6.45) is 2.18. The van der Waals surface area contributed by atoms with Crippen LogP contribution in [-0.4, -0.2) is 11.1 Å². The van der Waals surface area contributed by atoms with Gasteiger partial charge in [0.1, 0.15) is 5.82 Å². The van der Waals surface area contributed by atoms with Gasteiger partial charge < -0.3 is 5.11 Å². The van der Waals surface area contributed by atoms with Crippen molar-refractivity contribution < 1.29 is 14.3 Å². The molecule has 0 aliphatic carbocycles. The lowest BCUT2D eigenvalue weighted by Gasteiger charge is -2.00. The summed E-state index contributed by atoms with van der Waals surface area (Å²) in [7, 11) is 0. The van der Waals surface area contributed by atoms with Gasteiger partial charge in [-0.2, -0.15) is 0 Å². The first-order valence-electron chi connectivity index (χ1n) is 3.56. The number of hydrogen-bond acceptors (Lipinski definition) is 1. The second kappa shape index (κ2) is 4.57. The van der Waals surface area contributed by atoms with E-state index in [4.69, 9.17) is 16.7 Å². The van der Waals surface area contributed by atoms with E-state index in [0.29, 0.717) is 5.56 Å². The van der Waals surface area contributed by atoms with E-state index >= 15 is 0 Å². The molecular weight excluding hydrogens is 274 g/mol. The molecule has 0 aromatic heterocycles. The molecule has 0 saturated carbocycles. The van der Waals surface area contributed by atoms with Crippen molar-refractivity contribution in [3.8, 4) is 0 Å². The molecule has 1 rings (SSSR count). The molecule has 0 radical (unpaired) electrons. The first kappa shape index (κ1) is 11.2. The van der Waals surface area contributed by atoms with E-state index < -0.39 is 11.8 Å². The maximum absolute atomic E-state index is 13.1. The molecular formula is C9H5BrClFO2. The summed E-state index contributed by atoms with van der Waals surface area (Å²) < 4.78 is 13.2. The summed E-state index contributed by atoms with van der Waals surface area (Å²) in [4.78, 5) is 10.2. The molecule has 0 bridgehead atoms. The van der Waals surface area contributed by atoms with E-state index in [9.17, 15) is 9.18 Å². The quantitative estimate of drug-likeness (QED) is 0.666. The second-order valence-electron chi connectivity index (χ2n) is 2.46. The van der Waals surface area contributed by atoms with E-state index in [0.717, 1.165) is 12.1 Å². The Kier molecular flexibility index (Phi) is 3.66. The van der Waals surface area contributed by atoms with Crippen LogP contribution >= 0.6 is 27.5 Å². The lowest BCUT2D eigenvalue weighted by Crippen LogP contribution is -1.87. The Morgan fingerprint density at radius 2 is 2.21 bits per heavy atom. The second-order valence-corrected chi connectivity index (χ2v) is 3.69. The molecule has 1 aromatic rings. The largest absolute Gasteiger partial charge is 0.478 e. The van der Waals surface area contributed by atoms with Gasteiger partial charge in [-0.1, -0.05) is 11.6 Å². The minimum Gasteiger partial charge on any atom is -0.478 e. The molecule has 0 saturated heterocycles. The zero-order valence-electron chi connectivity index (χ0n) is 6.80.